The van der Waals surface area contributed by atoms with Gasteiger partial charge in [0.25, 0.3) is 5.91 Å². The van der Waals surface area contributed by atoms with Gasteiger partial charge in [0.15, 0.2) is 4.32 Å². The second kappa shape index (κ2) is 7.07. The highest BCUT2D eigenvalue weighted by atomic mass is 32.2. The van der Waals surface area contributed by atoms with E-state index in [0.717, 1.165) is 5.56 Å². The number of ether oxygens (including phenoxy) is 2. The van der Waals surface area contributed by atoms with Crippen LogP contribution in [0.1, 0.15) is 5.56 Å². The predicted molar refractivity (Wildman–Crippen MR) is 102 cm³/mol. The van der Waals surface area contributed by atoms with Gasteiger partial charge in [0.1, 0.15) is 11.5 Å². The Balaban J connectivity index is 1.95. The van der Waals surface area contributed by atoms with Crippen LogP contribution in [-0.4, -0.2) is 24.4 Å². The molecule has 6 heteroatoms. The molecule has 1 amide bonds. The van der Waals surface area contributed by atoms with Crippen LogP contribution in [0.2, 0.25) is 0 Å². The molecule has 1 fully saturated rings. The van der Waals surface area contributed by atoms with Crippen molar-refractivity contribution in [1.82, 2.24) is 0 Å². The third-order valence-corrected chi connectivity index (χ3v) is 4.83. The first-order valence-electron chi connectivity index (χ1n) is 7.19. The van der Waals surface area contributed by atoms with E-state index < -0.39 is 0 Å². The Morgan fingerprint density at radius 2 is 1.88 bits per heavy atom. The van der Waals surface area contributed by atoms with Crippen molar-refractivity contribution in [3.8, 4) is 11.5 Å². The smallest absolute Gasteiger partial charge is 0.270 e. The summed E-state index contributed by atoms with van der Waals surface area (Å²) in [4.78, 5) is 14.9. The highest BCUT2D eigenvalue weighted by molar-refractivity contribution is 8.27. The minimum atomic E-state index is -0.149. The fraction of sp³-hybridized carbons (Fsp3) is 0.111. The van der Waals surface area contributed by atoms with E-state index in [-0.39, 0.29) is 5.91 Å². The standard InChI is InChI=1S/C18H15NO3S2/c1-21-14-8-5-7-13(11-14)19-17(20)16(24-18(19)23)10-12-6-3-4-9-15(12)22-2/h3-11H,1-2H3/b16-10-. The van der Waals surface area contributed by atoms with Gasteiger partial charge in [-0.2, -0.15) is 0 Å². The molecule has 2 aromatic rings. The monoisotopic (exact) mass is 357 g/mol. The Morgan fingerprint density at radius 1 is 1.08 bits per heavy atom. The van der Waals surface area contributed by atoms with Gasteiger partial charge in [0, 0.05) is 11.6 Å². The van der Waals surface area contributed by atoms with Gasteiger partial charge in [-0.05, 0) is 24.3 Å². The summed E-state index contributed by atoms with van der Waals surface area (Å²) >= 11 is 6.67. The van der Waals surface area contributed by atoms with Gasteiger partial charge in [-0.15, -0.1) is 0 Å². The number of hydrogen-bond acceptors (Lipinski definition) is 5. The van der Waals surface area contributed by atoms with Crippen LogP contribution in [0.3, 0.4) is 0 Å². The van der Waals surface area contributed by atoms with Crippen molar-refractivity contribution in [3.05, 3.63) is 59.0 Å². The molecule has 24 heavy (non-hydrogen) atoms. The zero-order valence-electron chi connectivity index (χ0n) is 13.2. The van der Waals surface area contributed by atoms with E-state index in [1.165, 1.54) is 16.7 Å². The molecular weight excluding hydrogens is 342 g/mol. The molecule has 3 rings (SSSR count). The first-order chi connectivity index (χ1) is 11.6. The van der Waals surface area contributed by atoms with Gasteiger partial charge in [-0.3, -0.25) is 9.69 Å². The minimum Gasteiger partial charge on any atom is -0.497 e. The Kier molecular flexibility index (Phi) is 4.87. The number of carbonyl (C=O) groups is 1. The molecule has 0 spiro atoms. The number of benzene rings is 2. The van der Waals surface area contributed by atoms with Crippen molar-refractivity contribution in [1.29, 1.82) is 0 Å². The van der Waals surface area contributed by atoms with E-state index in [0.29, 0.717) is 26.4 Å². The molecule has 0 aromatic heterocycles. The number of anilines is 1. The van der Waals surface area contributed by atoms with Crippen LogP contribution in [0.15, 0.2) is 53.4 Å². The van der Waals surface area contributed by atoms with Gasteiger partial charge in [-0.25, -0.2) is 0 Å². The summed E-state index contributed by atoms with van der Waals surface area (Å²) in [6.07, 6.45) is 1.80. The van der Waals surface area contributed by atoms with Gasteiger partial charge < -0.3 is 9.47 Å². The average molecular weight is 357 g/mol. The van der Waals surface area contributed by atoms with Crippen molar-refractivity contribution < 1.29 is 14.3 Å². The largest absolute Gasteiger partial charge is 0.497 e. The quantitative estimate of drug-likeness (QED) is 0.608. The number of rotatable bonds is 4. The number of nitrogens with zero attached hydrogens (tertiary/aromatic N) is 1. The zero-order chi connectivity index (χ0) is 17.1. The average Bonchev–Trinajstić information content (AvgIpc) is 2.89. The molecule has 0 atom stereocenters. The van der Waals surface area contributed by atoms with Gasteiger partial charge in [0.05, 0.1) is 24.8 Å². The summed E-state index contributed by atoms with van der Waals surface area (Å²) in [7, 11) is 3.19. The zero-order valence-corrected chi connectivity index (χ0v) is 14.8. The summed E-state index contributed by atoms with van der Waals surface area (Å²) in [5, 5.41) is 0. The maximum Gasteiger partial charge on any atom is 0.270 e. The summed E-state index contributed by atoms with van der Waals surface area (Å²) in [5.41, 5.74) is 1.53. The van der Waals surface area contributed by atoms with E-state index in [1.54, 1.807) is 26.4 Å². The first-order valence-corrected chi connectivity index (χ1v) is 8.41. The van der Waals surface area contributed by atoms with Gasteiger partial charge >= 0.3 is 0 Å². The molecule has 0 radical (unpaired) electrons. The molecule has 0 N–H and O–H groups in total. The highest BCUT2D eigenvalue weighted by Gasteiger charge is 2.33. The van der Waals surface area contributed by atoms with Crippen LogP contribution >= 0.6 is 24.0 Å². The third kappa shape index (κ3) is 3.16. The summed E-state index contributed by atoms with van der Waals surface area (Å²) in [6.45, 7) is 0. The lowest BCUT2D eigenvalue weighted by atomic mass is 10.2. The Morgan fingerprint density at radius 3 is 2.62 bits per heavy atom. The van der Waals surface area contributed by atoms with Crippen LogP contribution in [0, 0.1) is 0 Å². The van der Waals surface area contributed by atoms with E-state index in [2.05, 4.69) is 0 Å². The molecule has 0 bridgehead atoms. The van der Waals surface area contributed by atoms with Crippen LogP contribution < -0.4 is 14.4 Å². The molecule has 0 aliphatic carbocycles. The minimum absolute atomic E-state index is 0.149. The number of amides is 1. The normalized spacial score (nSPS) is 15.9. The molecule has 1 saturated heterocycles. The van der Waals surface area contributed by atoms with Crippen LogP contribution in [0.4, 0.5) is 5.69 Å². The van der Waals surface area contributed by atoms with E-state index >= 15 is 0 Å². The lowest BCUT2D eigenvalue weighted by Gasteiger charge is -2.15. The highest BCUT2D eigenvalue weighted by Crippen LogP contribution is 2.37. The number of thiocarbonyl (C=S) groups is 1. The fourth-order valence-corrected chi connectivity index (χ4v) is 3.66. The SMILES string of the molecule is COc1cccc(N2C(=O)/C(=C/c3ccccc3OC)SC2=S)c1. The molecular formula is C18H15NO3S2. The second-order valence-electron chi connectivity index (χ2n) is 4.96. The number of methoxy groups -OCH3 is 2. The number of carbonyl (C=O) groups excluding carboxylic acids is 1. The van der Waals surface area contributed by atoms with Crippen LogP contribution in [0.5, 0.6) is 11.5 Å². The third-order valence-electron chi connectivity index (χ3n) is 3.53. The van der Waals surface area contributed by atoms with Crippen molar-refractivity contribution in [2.75, 3.05) is 19.1 Å². The topological polar surface area (TPSA) is 38.8 Å². The van der Waals surface area contributed by atoms with E-state index in [1.807, 2.05) is 42.5 Å². The van der Waals surface area contributed by atoms with E-state index in [4.69, 9.17) is 21.7 Å². The maximum atomic E-state index is 12.8. The molecule has 2 aromatic carbocycles. The van der Waals surface area contributed by atoms with Gasteiger partial charge in [0.2, 0.25) is 0 Å². The molecule has 0 unspecified atom stereocenters. The number of thioether (sulfide) groups is 1. The summed E-state index contributed by atoms with van der Waals surface area (Å²) < 4.78 is 11.0. The predicted octanol–water partition coefficient (Wildman–Crippen LogP) is 4.11. The summed E-state index contributed by atoms with van der Waals surface area (Å²) in [6, 6.07) is 14.8. The molecule has 1 heterocycles. The van der Waals surface area contributed by atoms with Crippen molar-refractivity contribution in [2.45, 2.75) is 0 Å². The van der Waals surface area contributed by atoms with Crippen molar-refractivity contribution in [2.24, 2.45) is 0 Å². The molecule has 122 valence electrons. The maximum absolute atomic E-state index is 12.8. The summed E-state index contributed by atoms with van der Waals surface area (Å²) in [5.74, 6) is 1.24. The fourth-order valence-electron chi connectivity index (χ4n) is 2.37. The Labute approximate surface area is 150 Å². The Bertz CT molecular complexity index is 833. The Hall–Kier alpha value is -2.31. The lowest BCUT2D eigenvalue weighted by Crippen LogP contribution is -2.27. The number of para-hydroxylation sites is 1. The van der Waals surface area contributed by atoms with E-state index in [9.17, 15) is 4.79 Å². The van der Waals surface area contributed by atoms with Crippen LogP contribution in [0.25, 0.3) is 6.08 Å². The lowest BCUT2D eigenvalue weighted by molar-refractivity contribution is -0.113. The van der Waals surface area contributed by atoms with Crippen molar-refractivity contribution in [3.63, 3.8) is 0 Å². The van der Waals surface area contributed by atoms with Crippen molar-refractivity contribution >= 4 is 46.0 Å². The first kappa shape index (κ1) is 16.5. The second-order valence-corrected chi connectivity index (χ2v) is 6.64. The van der Waals surface area contributed by atoms with Crippen LogP contribution in [-0.2, 0) is 4.79 Å². The molecule has 1 aliphatic rings. The van der Waals surface area contributed by atoms with Gasteiger partial charge in [-0.1, -0.05) is 48.2 Å². The molecule has 4 nitrogen and oxygen atoms in total. The number of hydrogen-bond donors (Lipinski definition) is 0. The molecule has 1 aliphatic heterocycles. The molecule has 0 saturated carbocycles.